The fourth-order valence-electron chi connectivity index (χ4n) is 1.21. The SMILES string of the molecule is CCCNCCNC(=O)c1ccc(SC)o1.Cl. The van der Waals surface area contributed by atoms with E-state index in [0.29, 0.717) is 12.3 Å². The van der Waals surface area contributed by atoms with Crippen LogP contribution in [0, 0.1) is 0 Å². The molecule has 1 aromatic heterocycles. The molecule has 0 radical (unpaired) electrons. The van der Waals surface area contributed by atoms with Crippen molar-refractivity contribution in [2.75, 3.05) is 25.9 Å². The highest BCUT2D eigenvalue weighted by atomic mass is 35.5. The van der Waals surface area contributed by atoms with Crippen molar-refractivity contribution in [3.05, 3.63) is 17.9 Å². The van der Waals surface area contributed by atoms with E-state index < -0.39 is 0 Å². The molecule has 0 spiro atoms. The van der Waals surface area contributed by atoms with Crippen molar-refractivity contribution in [1.82, 2.24) is 10.6 Å². The predicted molar refractivity (Wildman–Crippen MR) is 73.2 cm³/mol. The summed E-state index contributed by atoms with van der Waals surface area (Å²) in [7, 11) is 0. The number of carbonyl (C=O) groups is 1. The third-order valence-electron chi connectivity index (χ3n) is 2.02. The van der Waals surface area contributed by atoms with Crippen LogP contribution in [0.2, 0.25) is 0 Å². The molecule has 17 heavy (non-hydrogen) atoms. The standard InChI is InChI=1S/C11H18N2O2S.ClH/c1-3-6-12-7-8-13-11(14)9-4-5-10(15-9)16-2;/h4-5,12H,3,6-8H2,1-2H3,(H,13,14);1H. The van der Waals surface area contributed by atoms with Crippen LogP contribution in [0.5, 0.6) is 0 Å². The van der Waals surface area contributed by atoms with E-state index in [0.717, 1.165) is 24.6 Å². The lowest BCUT2D eigenvalue weighted by molar-refractivity contribution is 0.0921. The molecule has 0 aliphatic heterocycles. The molecule has 2 N–H and O–H groups in total. The van der Waals surface area contributed by atoms with Crippen LogP contribution in [0.25, 0.3) is 0 Å². The van der Waals surface area contributed by atoms with E-state index in [1.807, 2.05) is 6.26 Å². The van der Waals surface area contributed by atoms with Crippen LogP contribution in [0.15, 0.2) is 21.6 Å². The normalized spacial score (nSPS) is 9.76. The van der Waals surface area contributed by atoms with E-state index in [9.17, 15) is 4.79 Å². The van der Waals surface area contributed by atoms with Gasteiger partial charge in [0.1, 0.15) is 0 Å². The maximum atomic E-state index is 11.6. The molecule has 0 atom stereocenters. The van der Waals surface area contributed by atoms with Gasteiger partial charge < -0.3 is 15.1 Å². The summed E-state index contributed by atoms with van der Waals surface area (Å²) in [6.45, 7) is 4.50. The molecule has 0 bridgehead atoms. The number of nitrogens with one attached hydrogen (secondary N) is 2. The number of amides is 1. The molecular formula is C11H19ClN2O2S. The summed E-state index contributed by atoms with van der Waals surface area (Å²) in [5.41, 5.74) is 0. The Morgan fingerprint density at radius 2 is 2.12 bits per heavy atom. The summed E-state index contributed by atoms with van der Waals surface area (Å²) < 4.78 is 5.30. The van der Waals surface area contributed by atoms with Crippen molar-refractivity contribution in [1.29, 1.82) is 0 Å². The summed E-state index contributed by atoms with van der Waals surface area (Å²) in [6.07, 6.45) is 3.01. The van der Waals surface area contributed by atoms with Gasteiger partial charge in [0.15, 0.2) is 10.9 Å². The van der Waals surface area contributed by atoms with E-state index in [-0.39, 0.29) is 18.3 Å². The topological polar surface area (TPSA) is 54.3 Å². The molecule has 1 heterocycles. The molecule has 1 rings (SSSR count). The van der Waals surface area contributed by atoms with Gasteiger partial charge in [-0.2, -0.15) is 0 Å². The van der Waals surface area contributed by atoms with E-state index in [1.54, 1.807) is 12.1 Å². The van der Waals surface area contributed by atoms with Gasteiger partial charge in [-0.05, 0) is 31.4 Å². The summed E-state index contributed by atoms with van der Waals surface area (Å²) in [4.78, 5) is 11.6. The predicted octanol–water partition coefficient (Wildman–Crippen LogP) is 2.15. The average molecular weight is 279 g/mol. The van der Waals surface area contributed by atoms with Crippen LogP contribution in [-0.2, 0) is 0 Å². The van der Waals surface area contributed by atoms with Crippen molar-refractivity contribution in [2.45, 2.75) is 18.4 Å². The number of hydrogen-bond donors (Lipinski definition) is 2. The molecule has 0 aliphatic rings. The Balaban J connectivity index is 0.00000256. The number of rotatable bonds is 7. The average Bonchev–Trinajstić information content (AvgIpc) is 2.77. The molecule has 0 unspecified atom stereocenters. The molecule has 4 nitrogen and oxygen atoms in total. The Labute approximate surface area is 112 Å². The summed E-state index contributed by atoms with van der Waals surface area (Å²) in [5.74, 6) is 0.221. The highest BCUT2D eigenvalue weighted by molar-refractivity contribution is 7.98. The van der Waals surface area contributed by atoms with Gasteiger partial charge in [0.25, 0.3) is 5.91 Å². The van der Waals surface area contributed by atoms with Gasteiger partial charge in [-0.25, -0.2) is 0 Å². The Kier molecular flexibility index (Phi) is 9.03. The van der Waals surface area contributed by atoms with Crippen LogP contribution < -0.4 is 10.6 Å². The smallest absolute Gasteiger partial charge is 0.287 e. The van der Waals surface area contributed by atoms with Crippen LogP contribution in [-0.4, -0.2) is 31.8 Å². The minimum absolute atomic E-state index is 0. The highest BCUT2D eigenvalue weighted by Crippen LogP contribution is 2.17. The fourth-order valence-corrected chi connectivity index (χ4v) is 1.58. The zero-order valence-corrected chi connectivity index (χ0v) is 11.7. The lowest BCUT2D eigenvalue weighted by atomic mass is 10.4. The largest absolute Gasteiger partial charge is 0.445 e. The lowest BCUT2D eigenvalue weighted by Gasteiger charge is -2.04. The first-order valence-corrected chi connectivity index (χ1v) is 6.63. The van der Waals surface area contributed by atoms with E-state index in [2.05, 4.69) is 17.6 Å². The highest BCUT2D eigenvalue weighted by Gasteiger charge is 2.09. The van der Waals surface area contributed by atoms with E-state index in [4.69, 9.17) is 4.42 Å². The molecule has 0 aromatic carbocycles. The molecule has 0 fully saturated rings. The Bertz CT molecular complexity index is 331. The fraction of sp³-hybridized carbons (Fsp3) is 0.545. The number of furan rings is 1. The first-order valence-electron chi connectivity index (χ1n) is 5.40. The molecular weight excluding hydrogens is 260 g/mol. The van der Waals surface area contributed by atoms with Crippen LogP contribution in [0.3, 0.4) is 0 Å². The van der Waals surface area contributed by atoms with Crippen LogP contribution >= 0.6 is 24.2 Å². The molecule has 0 saturated carbocycles. The molecule has 1 amide bonds. The number of carbonyl (C=O) groups excluding carboxylic acids is 1. The van der Waals surface area contributed by atoms with E-state index >= 15 is 0 Å². The Hall–Kier alpha value is -0.650. The van der Waals surface area contributed by atoms with Gasteiger partial charge in [-0.15, -0.1) is 12.4 Å². The van der Waals surface area contributed by atoms with Gasteiger partial charge in [0.05, 0.1) is 0 Å². The number of hydrogen-bond acceptors (Lipinski definition) is 4. The van der Waals surface area contributed by atoms with Crippen molar-refractivity contribution >= 4 is 30.1 Å². The van der Waals surface area contributed by atoms with Crippen molar-refractivity contribution in [2.24, 2.45) is 0 Å². The lowest BCUT2D eigenvalue weighted by Crippen LogP contribution is -2.31. The second-order valence-corrected chi connectivity index (χ2v) is 4.14. The van der Waals surface area contributed by atoms with Crippen molar-refractivity contribution in [3.63, 3.8) is 0 Å². The minimum atomic E-state index is -0.154. The zero-order valence-electron chi connectivity index (χ0n) is 10.1. The summed E-state index contributed by atoms with van der Waals surface area (Å²) >= 11 is 1.48. The first kappa shape index (κ1) is 16.4. The van der Waals surface area contributed by atoms with Crippen molar-refractivity contribution < 1.29 is 9.21 Å². The zero-order chi connectivity index (χ0) is 11.8. The summed E-state index contributed by atoms with van der Waals surface area (Å²) in [5, 5.41) is 6.76. The second-order valence-electron chi connectivity index (χ2n) is 3.33. The van der Waals surface area contributed by atoms with Gasteiger partial charge in [0, 0.05) is 13.1 Å². The van der Waals surface area contributed by atoms with Crippen LogP contribution in [0.4, 0.5) is 0 Å². The monoisotopic (exact) mass is 278 g/mol. The van der Waals surface area contributed by atoms with Gasteiger partial charge >= 0.3 is 0 Å². The second kappa shape index (κ2) is 9.39. The quantitative estimate of drug-likeness (QED) is 0.593. The maximum Gasteiger partial charge on any atom is 0.287 e. The van der Waals surface area contributed by atoms with Crippen molar-refractivity contribution in [3.8, 4) is 0 Å². The maximum absolute atomic E-state index is 11.6. The number of halogens is 1. The minimum Gasteiger partial charge on any atom is -0.445 e. The molecule has 6 heteroatoms. The molecule has 98 valence electrons. The van der Waals surface area contributed by atoms with Gasteiger partial charge in [-0.1, -0.05) is 18.7 Å². The molecule has 0 aliphatic carbocycles. The Morgan fingerprint density at radius 1 is 1.35 bits per heavy atom. The molecule has 1 aromatic rings. The Morgan fingerprint density at radius 3 is 2.71 bits per heavy atom. The molecule has 0 saturated heterocycles. The third-order valence-corrected chi connectivity index (χ3v) is 2.64. The third kappa shape index (κ3) is 6.00. The van der Waals surface area contributed by atoms with Crippen LogP contribution in [0.1, 0.15) is 23.9 Å². The summed E-state index contributed by atoms with van der Waals surface area (Å²) in [6, 6.07) is 3.50. The van der Waals surface area contributed by atoms with E-state index in [1.165, 1.54) is 11.8 Å². The van der Waals surface area contributed by atoms with Gasteiger partial charge in [-0.3, -0.25) is 4.79 Å². The first-order chi connectivity index (χ1) is 7.77. The number of thioether (sulfide) groups is 1. The van der Waals surface area contributed by atoms with Gasteiger partial charge in [0.2, 0.25) is 0 Å².